The van der Waals surface area contributed by atoms with Gasteiger partial charge >= 0.3 is 0 Å². The lowest BCUT2D eigenvalue weighted by molar-refractivity contribution is 0.124. The maximum atomic E-state index is 14.2. The molecule has 0 N–H and O–H groups in total. The summed E-state index contributed by atoms with van der Waals surface area (Å²) < 4.78 is 19.1. The van der Waals surface area contributed by atoms with Crippen LogP contribution in [0.2, 0.25) is 0 Å². The maximum Gasteiger partial charge on any atom is 0.153 e. The van der Waals surface area contributed by atoms with Crippen LogP contribution < -0.4 is 9.21 Å². The molecule has 42 heavy (non-hydrogen) atoms. The number of hydrogen-bond acceptors (Lipinski definition) is 5. The Labute approximate surface area is 259 Å². The Morgan fingerprint density at radius 3 is 2.31 bits per heavy atom. The van der Waals surface area contributed by atoms with Gasteiger partial charge in [-0.2, -0.15) is 0 Å². The molecule has 2 aromatic carbocycles. The largest absolute Gasteiger partial charge is 0.371 e. The number of anilines is 2. The zero-order chi connectivity index (χ0) is 29.1. The second kappa shape index (κ2) is 13.1. The van der Waals surface area contributed by atoms with Crippen LogP contribution in [0.5, 0.6) is 0 Å². The minimum atomic E-state index is -1.21. The van der Waals surface area contributed by atoms with Crippen molar-refractivity contribution >= 4 is 34.3 Å². The van der Waals surface area contributed by atoms with Crippen LogP contribution >= 0.6 is 11.9 Å². The van der Waals surface area contributed by atoms with E-state index in [1.165, 1.54) is 68.7 Å². The quantitative estimate of drug-likeness (QED) is 0.187. The highest BCUT2D eigenvalue weighted by atomic mass is 32.2. The average molecular weight is 603 g/mol. The van der Waals surface area contributed by atoms with E-state index in [-0.39, 0.29) is 6.04 Å². The van der Waals surface area contributed by atoms with Crippen molar-refractivity contribution in [2.24, 2.45) is 5.41 Å². The smallest absolute Gasteiger partial charge is 0.153 e. The van der Waals surface area contributed by atoms with Crippen LogP contribution in [0.15, 0.2) is 65.8 Å². The van der Waals surface area contributed by atoms with Gasteiger partial charge in [-0.25, -0.2) is 4.21 Å². The fourth-order valence-corrected chi connectivity index (χ4v) is 10.1. The van der Waals surface area contributed by atoms with E-state index in [1.54, 1.807) is 0 Å². The molecule has 0 radical (unpaired) electrons. The minimum absolute atomic E-state index is 0.281. The lowest BCUT2D eigenvalue weighted by Gasteiger charge is -2.47. The summed E-state index contributed by atoms with van der Waals surface area (Å²) in [5.41, 5.74) is 7.96. The Balaban J connectivity index is 1.01. The molecule has 6 rings (SSSR count). The van der Waals surface area contributed by atoms with Gasteiger partial charge in [0.15, 0.2) is 11.0 Å². The summed E-state index contributed by atoms with van der Waals surface area (Å²) >= 11 is 2.05. The second-order valence-corrected chi connectivity index (χ2v) is 15.1. The van der Waals surface area contributed by atoms with Crippen molar-refractivity contribution in [3.05, 3.63) is 83.2 Å². The lowest BCUT2D eigenvalue weighted by atomic mass is 9.71. The molecule has 0 aliphatic carbocycles. The third kappa shape index (κ3) is 6.29. The number of hydrogen-bond donors (Lipinski definition) is 0. The van der Waals surface area contributed by atoms with E-state index in [0.717, 1.165) is 53.1 Å². The number of para-hydroxylation sites is 1. The molecule has 2 unspecified atom stereocenters. The van der Waals surface area contributed by atoms with Crippen LogP contribution in [-0.4, -0.2) is 51.5 Å². The molecular weight excluding hydrogens is 557 g/mol. The average Bonchev–Trinajstić information content (AvgIpc) is 3.39. The van der Waals surface area contributed by atoms with Crippen molar-refractivity contribution in [1.82, 2.24) is 9.29 Å². The Bertz CT molecular complexity index is 1360. The highest BCUT2D eigenvalue weighted by molar-refractivity contribution is 7.97. The standard InChI is InChI=1S/C35H46N4OS2/c1-4-29-24-27(2)34(28(3)25-29)42(40)39-32(26-30-8-5-6-10-33(30)39)9-7-23-41-38-21-15-35(16-22-38)13-19-37(20-14-35)31-11-17-36-18-12-31/h5-6,8,10-12,17-18,24-25,32H,4,7,9,13-16,19-23,26H2,1-3H3. The number of pyridine rings is 1. The van der Waals surface area contributed by atoms with Gasteiger partial charge in [0.05, 0.1) is 10.6 Å². The molecule has 7 heteroatoms. The Kier molecular flexibility index (Phi) is 9.27. The molecule has 5 nitrogen and oxygen atoms in total. The van der Waals surface area contributed by atoms with Gasteiger partial charge in [0.2, 0.25) is 0 Å². The molecule has 1 aromatic heterocycles. The Hall–Kier alpha value is -2.35. The van der Waals surface area contributed by atoms with Crippen molar-refractivity contribution in [1.29, 1.82) is 0 Å². The first kappa shape index (κ1) is 29.7. The predicted octanol–water partition coefficient (Wildman–Crippen LogP) is 7.53. The highest BCUT2D eigenvalue weighted by Crippen LogP contribution is 2.43. The zero-order valence-electron chi connectivity index (χ0n) is 25.6. The van der Waals surface area contributed by atoms with Gasteiger partial charge in [0, 0.05) is 56.1 Å². The summed E-state index contributed by atoms with van der Waals surface area (Å²) in [5.74, 6) is 1.14. The molecule has 0 bridgehead atoms. The van der Waals surface area contributed by atoms with Crippen LogP contribution in [0.25, 0.3) is 0 Å². The van der Waals surface area contributed by atoms with E-state index < -0.39 is 11.0 Å². The molecule has 2 fully saturated rings. The zero-order valence-corrected chi connectivity index (χ0v) is 27.2. The lowest BCUT2D eigenvalue weighted by Crippen LogP contribution is -2.45. The van der Waals surface area contributed by atoms with E-state index >= 15 is 0 Å². The monoisotopic (exact) mass is 602 g/mol. The molecule has 3 aliphatic heterocycles. The van der Waals surface area contributed by atoms with Crippen molar-refractivity contribution < 1.29 is 4.21 Å². The Morgan fingerprint density at radius 2 is 1.62 bits per heavy atom. The number of rotatable bonds is 9. The molecule has 2 atom stereocenters. The van der Waals surface area contributed by atoms with Gasteiger partial charge < -0.3 is 4.90 Å². The fraction of sp³-hybridized carbons (Fsp3) is 0.514. The summed E-state index contributed by atoms with van der Waals surface area (Å²) in [7, 11) is -1.21. The minimum Gasteiger partial charge on any atom is -0.371 e. The molecule has 224 valence electrons. The molecule has 0 saturated carbocycles. The molecule has 4 heterocycles. The maximum absolute atomic E-state index is 14.2. The van der Waals surface area contributed by atoms with Crippen LogP contribution in [-0.2, 0) is 23.8 Å². The summed E-state index contributed by atoms with van der Waals surface area (Å²) in [6.07, 6.45) is 13.3. The van der Waals surface area contributed by atoms with E-state index in [0.29, 0.717) is 5.41 Å². The molecule has 0 amide bonds. The van der Waals surface area contributed by atoms with E-state index in [9.17, 15) is 4.21 Å². The van der Waals surface area contributed by atoms with Crippen molar-refractivity contribution in [3.8, 4) is 0 Å². The van der Waals surface area contributed by atoms with E-state index in [1.807, 2.05) is 24.3 Å². The molecule has 3 aromatic rings. The van der Waals surface area contributed by atoms with E-state index in [2.05, 4.69) is 87.8 Å². The SMILES string of the molecule is CCc1cc(C)c(S(=O)N2c3ccccc3CC2CCCSN2CCC3(CC2)CCN(c2ccncc2)CC3)c(C)c1. The highest BCUT2D eigenvalue weighted by Gasteiger charge is 2.38. The van der Waals surface area contributed by atoms with Crippen LogP contribution in [0.1, 0.15) is 67.7 Å². The van der Waals surface area contributed by atoms with Gasteiger partial charge in [-0.05, 0) is 111 Å². The van der Waals surface area contributed by atoms with Gasteiger partial charge in [-0.15, -0.1) is 0 Å². The summed E-state index contributed by atoms with van der Waals surface area (Å²) in [5, 5.41) is 0. The van der Waals surface area contributed by atoms with Gasteiger partial charge in [-0.1, -0.05) is 49.2 Å². The van der Waals surface area contributed by atoms with Crippen molar-refractivity contribution in [2.75, 3.05) is 41.1 Å². The summed E-state index contributed by atoms with van der Waals surface area (Å²) in [6, 6.07) is 17.6. The third-order valence-corrected chi connectivity index (χ3v) is 12.9. The van der Waals surface area contributed by atoms with Crippen LogP contribution in [0, 0.1) is 19.3 Å². The molecule has 2 saturated heterocycles. The number of aromatic nitrogens is 1. The number of benzene rings is 2. The summed E-state index contributed by atoms with van der Waals surface area (Å²) in [4.78, 5) is 7.71. The number of piperidine rings is 2. The first-order valence-corrected chi connectivity index (χ1v) is 17.9. The first-order chi connectivity index (χ1) is 20.5. The van der Waals surface area contributed by atoms with Crippen molar-refractivity contribution in [3.63, 3.8) is 0 Å². The van der Waals surface area contributed by atoms with Gasteiger partial charge in [0.25, 0.3) is 0 Å². The number of aryl methyl sites for hydroxylation is 3. The number of nitrogens with zero attached hydrogens (tertiary/aromatic N) is 4. The molecule has 3 aliphatic rings. The van der Waals surface area contributed by atoms with Gasteiger partial charge in [-0.3, -0.25) is 13.6 Å². The summed E-state index contributed by atoms with van der Waals surface area (Å²) in [6.45, 7) is 11.2. The second-order valence-electron chi connectivity index (χ2n) is 12.6. The van der Waals surface area contributed by atoms with E-state index in [4.69, 9.17) is 0 Å². The first-order valence-electron chi connectivity index (χ1n) is 15.9. The normalized spacial score (nSPS) is 21.1. The van der Waals surface area contributed by atoms with Crippen LogP contribution in [0.3, 0.4) is 0 Å². The number of fused-ring (bicyclic) bond motifs is 1. The van der Waals surface area contributed by atoms with Crippen molar-refractivity contribution in [2.45, 2.75) is 83.1 Å². The fourth-order valence-electron chi connectivity index (χ4n) is 7.39. The topological polar surface area (TPSA) is 39.7 Å². The predicted molar refractivity (Wildman–Crippen MR) is 179 cm³/mol. The molecule has 1 spiro atoms. The van der Waals surface area contributed by atoms with Crippen LogP contribution in [0.4, 0.5) is 11.4 Å². The van der Waals surface area contributed by atoms with Gasteiger partial charge in [0.1, 0.15) is 0 Å². The molecular formula is C35H46N4OS2. The Morgan fingerprint density at radius 1 is 0.952 bits per heavy atom. The third-order valence-electron chi connectivity index (χ3n) is 9.89.